The summed E-state index contributed by atoms with van der Waals surface area (Å²) in [6, 6.07) is 8.87. The molecule has 0 bridgehead atoms. The number of rotatable bonds is 6. The maximum absolute atomic E-state index is 12.9. The average Bonchev–Trinajstić information content (AvgIpc) is 2.75. The van der Waals surface area contributed by atoms with Gasteiger partial charge in [0.25, 0.3) is 5.91 Å². The number of carbonyl (C=O) groups is 2. The summed E-state index contributed by atoms with van der Waals surface area (Å²) in [6.07, 6.45) is 2.53. The van der Waals surface area contributed by atoms with E-state index in [0.717, 1.165) is 24.8 Å². The number of amides is 1. The normalized spacial score (nSPS) is 14.8. The standard InChI is InChI=1S/C21H22Cl2N2O5S/c1-14-11-16(22)6-8-18(14)24-20(26)13-30-21(27)15-5-7-17(23)19(12-15)31(28,29)25-9-3-2-4-10-25/h5-8,11-12H,2-4,9-10,13H2,1H3,(H,24,26). The van der Waals surface area contributed by atoms with Crippen LogP contribution in [0.25, 0.3) is 0 Å². The van der Waals surface area contributed by atoms with Gasteiger partial charge in [0.1, 0.15) is 4.90 Å². The molecule has 1 aliphatic rings. The minimum atomic E-state index is -3.83. The van der Waals surface area contributed by atoms with Crippen molar-refractivity contribution < 1.29 is 22.7 Å². The average molecular weight is 485 g/mol. The second-order valence-electron chi connectivity index (χ2n) is 7.19. The van der Waals surface area contributed by atoms with Crippen LogP contribution in [0.2, 0.25) is 10.0 Å². The van der Waals surface area contributed by atoms with E-state index in [2.05, 4.69) is 5.32 Å². The molecule has 31 heavy (non-hydrogen) atoms. The molecule has 2 aromatic rings. The molecule has 0 atom stereocenters. The molecule has 0 aliphatic carbocycles. The van der Waals surface area contributed by atoms with Gasteiger partial charge in [-0.3, -0.25) is 4.79 Å². The Labute approximate surface area is 191 Å². The van der Waals surface area contributed by atoms with Gasteiger partial charge in [0.15, 0.2) is 6.61 Å². The molecule has 1 amide bonds. The SMILES string of the molecule is Cc1cc(Cl)ccc1NC(=O)COC(=O)c1ccc(Cl)c(S(=O)(=O)N2CCCCC2)c1. The van der Waals surface area contributed by atoms with E-state index in [4.69, 9.17) is 27.9 Å². The molecular weight excluding hydrogens is 463 g/mol. The highest BCUT2D eigenvalue weighted by atomic mass is 35.5. The molecule has 0 aromatic heterocycles. The van der Waals surface area contributed by atoms with Crippen LogP contribution in [0.1, 0.15) is 35.2 Å². The Balaban J connectivity index is 1.68. The molecule has 10 heteroatoms. The maximum atomic E-state index is 12.9. The fourth-order valence-corrected chi connectivity index (χ4v) is 5.48. The zero-order chi connectivity index (χ0) is 22.6. The van der Waals surface area contributed by atoms with Crippen molar-refractivity contribution in [1.29, 1.82) is 0 Å². The Bertz CT molecular complexity index is 1100. The predicted octanol–water partition coefficient (Wildman–Crippen LogP) is 4.27. The second kappa shape index (κ2) is 9.99. The van der Waals surface area contributed by atoms with Gasteiger partial charge in [-0.15, -0.1) is 0 Å². The van der Waals surface area contributed by atoms with Gasteiger partial charge < -0.3 is 10.1 Å². The van der Waals surface area contributed by atoms with E-state index in [-0.39, 0.29) is 15.5 Å². The molecule has 1 heterocycles. The summed E-state index contributed by atoms with van der Waals surface area (Å²) in [5.41, 5.74) is 1.31. The lowest BCUT2D eigenvalue weighted by molar-refractivity contribution is -0.119. The van der Waals surface area contributed by atoms with Gasteiger partial charge in [-0.25, -0.2) is 13.2 Å². The highest BCUT2D eigenvalue weighted by Gasteiger charge is 2.29. The number of hydrogen-bond donors (Lipinski definition) is 1. The molecule has 1 saturated heterocycles. The molecule has 2 aromatic carbocycles. The van der Waals surface area contributed by atoms with Gasteiger partial charge in [-0.2, -0.15) is 4.31 Å². The van der Waals surface area contributed by atoms with E-state index in [0.29, 0.717) is 23.8 Å². The molecule has 0 spiro atoms. The van der Waals surface area contributed by atoms with Crippen LogP contribution in [-0.2, 0) is 19.6 Å². The van der Waals surface area contributed by atoms with Crippen LogP contribution in [0, 0.1) is 6.92 Å². The molecule has 166 valence electrons. The van der Waals surface area contributed by atoms with Crippen LogP contribution in [0.15, 0.2) is 41.3 Å². The summed E-state index contributed by atoms with van der Waals surface area (Å²) >= 11 is 12.0. The molecule has 1 aliphatic heterocycles. The number of nitrogens with one attached hydrogen (secondary N) is 1. The molecule has 3 rings (SSSR count). The number of halogens is 2. The fraction of sp³-hybridized carbons (Fsp3) is 0.333. The van der Waals surface area contributed by atoms with Gasteiger partial charge in [-0.1, -0.05) is 29.6 Å². The summed E-state index contributed by atoms with van der Waals surface area (Å²) in [7, 11) is -3.83. The minimum Gasteiger partial charge on any atom is -0.452 e. The third-order valence-corrected chi connectivity index (χ3v) is 7.51. The number of esters is 1. The molecular formula is C21H22Cl2N2O5S. The number of ether oxygens (including phenoxy) is 1. The lowest BCUT2D eigenvalue weighted by Gasteiger charge is -2.26. The summed E-state index contributed by atoms with van der Waals surface area (Å²) in [6.45, 7) is 2.08. The molecule has 7 nitrogen and oxygen atoms in total. The van der Waals surface area contributed by atoms with E-state index >= 15 is 0 Å². The minimum absolute atomic E-state index is 0.00421. The number of hydrogen-bond acceptors (Lipinski definition) is 5. The first-order valence-corrected chi connectivity index (χ1v) is 11.9. The smallest absolute Gasteiger partial charge is 0.338 e. The maximum Gasteiger partial charge on any atom is 0.338 e. The molecule has 1 fully saturated rings. The highest BCUT2D eigenvalue weighted by Crippen LogP contribution is 2.28. The van der Waals surface area contributed by atoms with E-state index in [9.17, 15) is 18.0 Å². The first-order chi connectivity index (χ1) is 14.7. The van der Waals surface area contributed by atoms with Crippen molar-refractivity contribution in [3.05, 3.63) is 57.6 Å². The van der Waals surface area contributed by atoms with Crippen LogP contribution in [-0.4, -0.2) is 44.3 Å². The number of nitrogens with zero attached hydrogens (tertiary/aromatic N) is 1. The number of carbonyl (C=O) groups excluding carboxylic acids is 2. The van der Waals surface area contributed by atoms with Gasteiger partial charge in [0.2, 0.25) is 10.0 Å². The third-order valence-electron chi connectivity index (χ3n) is 4.90. The van der Waals surface area contributed by atoms with E-state index in [1.807, 2.05) is 0 Å². The first-order valence-electron chi connectivity index (χ1n) is 9.71. The summed E-state index contributed by atoms with van der Waals surface area (Å²) in [5.74, 6) is -1.36. The Hall–Kier alpha value is -2.13. The quantitative estimate of drug-likeness (QED) is 0.617. The van der Waals surface area contributed by atoms with Gasteiger partial charge in [0.05, 0.1) is 10.6 Å². The predicted molar refractivity (Wildman–Crippen MR) is 119 cm³/mol. The second-order valence-corrected chi connectivity index (χ2v) is 9.94. The van der Waals surface area contributed by atoms with Crippen LogP contribution in [0.4, 0.5) is 5.69 Å². The zero-order valence-corrected chi connectivity index (χ0v) is 19.2. The molecule has 0 unspecified atom stereocenters. The number of sulfonamides is 1. The van der Waals surface area contributed by atoms with Gasteiger partial charge >= 0.3 is 5.97 Å². The van der Waals surface area contributed by atoms with Crippen LogP contribution in [0.5, 0.6) is 0 Å². The van der Waals surface area contributed by atoms with Crippen molar-refractivity contribution in [2.75, 3.05) is 25.0 Å². The van der Waals surface area contributed by atoms with E-state index < -0.39 is 28.5 Å². The third kappa shape index (κ3) is 5.77. The number of aryl methyl sites for hydroxylation is 1. The highest BCUT2D eigenvalue weighted by molar-refractivity contribution is 7.89. The van der Waals surface area contributed by atoms with Crippen molar-refractivity contribution in [1.82, 2.24) is 4.31 Å². The van der Waals surface area contributed by atoms with Crippen molar-refractivity contribution >= 4 is 50.8 Å². The Morgan fingerprint density at radius 2 is 1.77 bits per heavy atom. The van der Waals surface area contributed by atoms with Crippen molar-refractivity contribution in [2.45, 2.75) is 31.1 Å². The molecule has 0 radical (unpaired) electrons. The Morgan fingerprint density at radius 3 is 2.45 bits per heavy atom. The van der Waals surface area contributed by atoms with Crippen molar-refractivity contribution in [3.63, 3.8) is 0 Å². The van der Waals surface area contributed by atoms with Crippen LogP contribution < -0.4 is 5.32 Å². The monoisotopic (exact) mass is 484 g/mol. The van der Waals surface area contributed by atoms with Crippen molar-refractivity contribution in [3.8, 4) is 0 Å². The van der Waals surface area contributed by atoms with Crippen molar-refractivity contribution in [2.24, 2.45) is 0 Å². The zero-order valence-electron chi connectivity index (χ0n) is 16.9. The fourth-order valence-electron chi connectivity index (χ4n) is 3.24. The topological polar surface area (TPSA) is 92.8 Å². The summed E-state index contributed by atoms with van der Waals surface area (Å²) < 4.78 is 32.3. The Kier molecular flexibility index (Phi) is 7.59. The Morgan fingerprint density at radius 1 is 1.06 bits per heavy atom. The van der Waals surface area contributed by atoms with Gasteiger partial charge in [0, 0.05) is 23.8 Å². The number of anilines is 1. The molecule has 0 saturated carbocycles. The van der Waals surface area contributed by atoms with Crippen LogP contribution >= 0.6 is 23.2 Å². The van der Waals surface area contributed by atoms with E-state index in [1.165, 1.54) is 22.5 Å². The van der Waals surface area contributed by atoms with E-state index in [1.54, 1.807) is 25.1 Å². The van der Waals surface area contributed by atoms with Gasteiger partial charge in [-0.05, 0) is 61.7 Å². The lowest BCUT2D eigenvalue weighted by atomic mass is 10.2. The largest absolute Gasteiger partial charge is 0.452 e. The number of benzene rings is 2. The van der Waals surface area contributed by atoms with Crippen LogP contribution in [0.3, 0.4) is 0 Å². The first kappa shape index (κ1) is 23.5. The lowest BCUT2D eigenvalue weighted by Crippen LogP contribution is -2.35. The number of piperidine rings is 1. The summed E-state index contributed by atoms with van der Waals surface area (Å²) in [5, 5.41) is 3.20. The summed E-state index contributed by atoms with van der Waals surface area (Å²) in [4.78, 5) is 24.4. The molecule has 1 N–H and O–H groups in total.